The average molecular weight is 344 g/mol. The highest BCUT2D eigenvalue weighted by molar-refractivity contribution is 6.01. The minimum Gasteiger partial charge on any atom is -0.344 e. The molecule has 2 rings (SSSR count). The second-order valence-electron chi connectivity index (χ2n) is 5.72. The van der Waals surface area contributed by atoms with Crippen LogP contribution in [-0.2, 0) is 16.6 Å². The van der Waals surface area contributed by atoms with Gasteiger partial charge in [-0.25, -0.2) is 0 Å². The standard InChI is InChI=1S/C15H25N5O2.ClH/c1-19-11-12(10-17-19)20-9-7-13(15(20)22)18-14(21)6-4-2-3-5-8-16;/h10-11,13H,2-9,16H2,1H3,(H,18,21);1H. The fourth-order valence-electron chi connectivity index (χ4n) is 2.67. The second kappa shape index (κ2) is 9.52. The smallest absolute Gasteiger partial charge is 0.249 e. The van der Waals surface area contributed by atoms with Crippen LogP contribution in [0.15, 0.2) is 12.4 Å². The Hall–Kier alpha value is -1.60. The molecule has 0 aliphatic carbocycles. The Balaban J connectivity index is 0.00000264. The lowest BCUT2D eigenvalue weighted by molar-refractivity contribution is -0.126. The van der Waals surface area contributed by atoms with Crippen molar-refractivity contribution in [1.29, 1.82) is 0 Å². The molecule has 23 heavy (non-hydrogen) atoms. The van der Waals surface area contributed by atoms with Gasteiger partial charge in [0, 0.05) is 26.2 Å². The highest BCUT2D eigenvalue weighted by atomic mass is 35.5. The van der Waals surface area contributed by atoms with Crippen LogP contribution >= 0.6 is 12.4 Å². The van der Waals surface area contributed by atoms with Crippen LogP contribution in [0.1, 0.15) is 38.5 Å². The number of rotatable bonds is 8. The van der Waals surface area contributed by atoms with E-state index in [2.05, 4.69) is 10.4 Å². The molecule has 1 aromatic heterocycles. The summed E-state index contributed by atoms with van der Waals surface area (Å²) in [5.41, 5.74) is 6.21. The van der Waals surface area contributed by atoms with E-state index in [-0.39, 0.29) is 24.2 Å². The van der Waals surface area contributed by atoms with E-state index in [0.29, 0.717) is 25.9 Å². The molecule has 130 valence electrons. The van der Waals surface area contributed by atoms with Crippen molar-refractivity contribution in [2.75, 3.05) is 18.0 Å². The van der Waals surface area contributed by atoms with Crippen LogP contribution in [0.25, 0.3) is 0 Å². The van der Waals surface area contributed by atoms with Crippen LogP contribution in [0.5, 0.6) is 0 Å². The average Bonchev–Trinajstić information content (AvgIpc) is 3.06. The molecule has 0 aromatic carbocycles. The van der Waals surface area contributed by atoms with Crippen LogP contribution < -0.4 is 16.0 Å². The van der Waals surface area contributed by atoms with Crippen LogP contribution in [-0.4, -0.2) is 40.7 Å². The van der Waals surface area contributed by atoms with Gasteiger partial charge in [-0.05, 0) is 25.8 Å². The normalized spacial score (nSPS) is 17.2. The minimum atomic E-state index is -0.406. The summed E-state index contributed by atoms with van der Waals surface area (Å²) in [6.45, 7) is 1.32. The van der Waals surface area contributed by atoms with Crippen molar-refractivity contribution in [3.63, 3.8) is 0 Å². The molecule has 0 bridgehead atoms. The number of aryl methyl sites for hydroxylation is 1. The summed E-state index contributed by atoms with van der Waals surface area (Å²) in [6, 6.07) is -0.406. The third kappa shape index (κ3) is 5.51. The van der Waals surface area contributed by atoms with Gasteiger partial charge in [0.1, 0.15) is 6.04 Å². The molecular formula is C15H26ClN5O2. The number of carbonyl (C=O) groups excluding carboxylic acids is 2. The van der Waals surface area contributed by atoms with Gasteiger partial charge in [-0.2, -0.15) is 5.10 Å². The second-order valence-corrected chi connectivity index (χ2v) is 5.72. The number of hydrogen-bond acceptors (Lipinski definition) is 4. The van der Waals surface area contributed by atoms with Gasteiger partial charge >= 0.3 is 0 Å². The fourth-order valence-corrected chi connectivity index (χ4v) is 2.67. The minimum absolute atomic E-state index is 0. The van der Waals surface area contributed by atoms with Gasteiger partial charge in [0.2, 0.25) is 11.8 Å². The molecule has 0 radical (unpaired) electrons. The van der Waals surface area contributed by atoms with Crippen molar-refractivity contribution in [2.24, 2.45) is 12.8 Å². The molecule has 2 heterocycles. The maximum Gasteiger partial charge on any atom is 0.249 e. The summed E-state index contributed by atoms with van der Waals surface area (Å²) < 4.78 is 1.66. The number of aromatic nitrogens is 2. The Labute approximate surface area is 143 Å². The Morgan fingerprint density at radius 1 is 1.39 bits per heavy atom. The monoisotopic (exact) mass is 343 g/mol. The lowest BCUT2D eigenvalue weighted by Gasteiger charge is -2.15. The largest absolute Gasteiger partial charge is 0.344 e. The molecule has 2 amide bonds. The molecular weight excluding hydrogens is 318 g/mol. The summed E-state index contributed by atoms with van der Waals surface area (Å²) in [6.07, 6.45) is 8.50. The number of carbonyl (C=O) groups is 2. The first kappa shape index (κ1) is 19.4. The number of hydrogen-bond donors (Lipinski definition) is 2. The lowest BCUT2D eigenvalue weighted by atomic mass is 10.1. The zero-order valence-electron chi connectivity index (χ0n) is 13.5. The third-order valence-corrected chi connectivity index (χ3v) is 3.90. The Kier molecular flexibility index (Phi) is 8.05. The summed E-state index contributed by atoms with van der Waals surface area (Å²) in [5, 5.41) is 6.92. The zero-order valence-corrected chi connectivity index (χ0v) is 14.3. The van der Waals surface area contributed by atoms with Gasteiger partial charge in [-0.3, -0.25) is 14.3 Å². The van der Waals surface area contributed by atoms with Crippen LogP contribution in [0, 0.1) is 0 Å². The maximum atomic E-state index is 12.3. The van der Waals surface area contributed by atoms with E-state index >= 15 is 0 Å². The maximum absolute atomic E-state index is 12.3. The number of unbranched alkanes of at least 4 members (excludes halogenated alkanes) is 3. The summed E-state index contributed by atoms with van der Waals surface area (Å²) in [5.74, 6) is -0.0939. The predicted octanol–water partition coefficient (Wildman–Crippen LogP) is 0.973. The van der Waals surface area contributed by atoms with E-state index in [1.165, 1.54) is 0 Å². The molecule has 1 aromatic rings. The summed E-state index contributed by atoms with van der Waals surface area (Å²) >= 11 is 0. The van der Waals surface area contributed by atoms with Crippen molar-refractivity contribution < 1.29 is 9.59 Å². The highest BCUT2D eigenvalue weighted by Crippen LogP contribution is 2.20. The number of nitrogens with two attached hydrogens (primary N) is 1. The van der Waals surface area contributed by atoms with E-state index in [0.717, 1.165) is 31.4 Å². The number of amides is 2. The van der Waals surface area contributed by atoms with E-state index < -0.39 is 6.04 Å². The predicted molar refractivity (Wildman–Crippen MR) is 91.5 cm³/mol. The number of halogens is 1. The summed E-state index contributed by atoms with van der Waals surface area (Å²) in [7, 11) is 1.81. The van der Waals surface area contributed by atoms with Crippen LogP contribution in [0.4, 0.5) is 5.69 Å². The van der Waals surface area contributed by atoms with Gasteiger partial charge < -0.3 is 16.0 Å². The van der Waals surface area contributed by atoms with Gasteiger partial charge in [-0.1, -0.05) is 12.8 Å². The van der Waals surface area contributed by atoms with Crippen LogP contribution in [0.3, 0.4) is 0 Å². The Bertz CT molecular complexity index is 520. The Morgan fingerprint density at radius 2 is 2.13 bits per heavy atom. The van der Waals surface area contributed by atoms with Crippen molar-refractivity contribution >= 4 is 29.9 Å². The van der Waals surface area contributed by atoms with Crippen molar-refractivity contribution in [1.82, 2.24) is 15.1 Å². The van der Waals surface area contributed by atoms with Crippen LogP contribution in [0.2, 0.25) is 0 Å². The molecule has 1 atom stereocenters. The SMILES string of the molecule is Cl.Cn1cc(N2CCC(NC(=O)CCCCCCN)C2=O)cn1. The first-order chi connectivity index (χ1) is 10.6. The molecule has 0 saturated carbocycles. The van der Waals surface area contributed by atoms with Gasteiger partial charge in [0.25, 0.3) is 0 Å². The van der Waals surface area contributed by atoms with E-state index in [9.17, 15) is 9.59 Å². The molecule has 0 spiro atoms. The molecule has 7 nitrogen and oxygen atoms in total. The summed E-state index contributed by atoms with van der Waals surface area (Å²) in [4.78, 5) is 25.9. The van der Waals surface area contributed by atoms with Gasteiger partial charge in [-0.15, -0.1) is 12.4 Å². The molecule has 8 heteroatoms. The first-order valence-electron chi connectivity index (χ1n) is 7.91. The van der Waals surface area contributed by atoms with E-state index in [4.69, 9.17) is 5.73 Å². The molecule has 1 saturated heterocycles. The van der Waals surface area contributed by atoms with Gasteiger partial charge in [0.15, 0.2) is 0 Å². The first-order valence-corrected chi connectivity index (χ1v) is 7.91. The third-order valence-electron chi connectivity index (χ3n) is 3.90. The number of anilines is 1. The lowest BCUT2D eigenvalue weighted by Crippen LogP contribution is -2.41. The van der Waals surface area contributed by atoms with Crippen molar-refractivity contribution in [2.45, 2.75) is 44.6 Å². The fraction of sp³-hybridized carbons (Fsp3) is 0.667. The number of nitrogens with zero attached hydrogens (tertiary/aromatic N) is 3. The Morgan fingerprint density at radius 3 is 2.78 bits per heavy atom. The quantitative estimate of drug-likeness (QED) is 0.688. The van der Waals surface area contributed by atoms with Gasteiger partial charge in [0.05, 0.1) is 11.9 Å². The van der Waals surface area contributed by atoms with E-state index in [1.54, 1.807) is 22.0 Å². The molecule has 1 unspecified atom stereocenters. The molecule has 1 fully saturated rings. The van der Waals surface area contributed by atoms with E-state index in [1.807, 2.05) is 7.05 Å². The molecule has 1 aliphatic heterocycles. The van der Waals surface area contributed by atoms with Crippen molar-refractivity contribution in [3.8, 4) is 0 Å². The highest BCUT2D eigenvalue weighted by Gasteiger charge is 2.33. The number of nitrogens with one attached hydrogen (secondary N) is 1. The topological polar surface area (TPSA) is 93.2 Å². The van der Waals surface area contributed by atoms with Crippen molar-refractivity contribution in [3.05, 3.63) is 12.4 Å². The molecule has 3 N–H and O–H groups in total. The molecule has 1 aliphatic rings. The zero-order chi connectivity index (χ0) is 15.9.